The molecule has 1 aliphatic rings. The van der Waals surface area contributed by atoms with Crippen LogP contribution in [0.5, 0.6) is 0 Å². The Balaban J connectivity index is 1.85. The lowest BCUT2D eigenvalue weighted by molar-refractivity contribution is -0.117. The molecule has 1 aromatic rings. The molecule has 1 aromatic carbocycles. The Labute approximate surface area is 121 Å². The van der Waals surface area contributed by atoms with Gasteiger partial charge in [0, 0.05) is 18.8 Å². The van der Waals surface area contributed by atoms with E-state index >= 15 is 0 Å². The molecule has 0 radical (unpaired) electrons. The van der Waals surface area contributed by atoms with Crippen molar-refractivity contribution in [3.63, 3.8) is 0 Å². The number of nitrogens with one attached hydrogen (secondary N) is 1. The van der Waals surface area contributed by atoms with Crippen LogP contribution in [-0.4, -0.2) is 30.4 Å². The van der Waals surface area contributed by atoms with Gasteiger partial charge in [-0.05, 0) is 43.0 Å². The molecule has 1 saturated heterocycles. The number of benzene rings is 1. The van der Waals surface area contributed by atoms with Gasteiger partial charge in [0.15, 0.2) is 0 Å². The smallest absolute Gasteiger partial charge is 0.238 e. The SMILES string of the molecule is CCC1CCCN(CC(=O)Nc2cccc(CN)c2)C1. The summed E-state index contributed by atoms with van der Waals surface area (Å²) < 4.78 is 0. The first-order valence-electron chi connectivity index (χ1n) is 7.52. The molecule has 0 aliphatic carbocycles. The molecule has 3 N–H and O–H groups in total. The highest BCUT2D eigenvalue weighted by molar-refractivity contribution is 5.92. The van der Waals surface area contributed by atoms with Crippen LogP contribution in [0.2, 0.25) is 0 Å². The molecule has 2 rings (SSSR count). The molecule has 1 heterocycles. The average Bonchev–Trinajstić information content (AvgIpc) is 2.47. The van der Waals surface area contributed by atoms with Gasteiger partial charge in [0.1, 0.15) is 0 Å². The molecule has 0 saturated carbocycles. The van der Waals surface area contributed by atoms with Crippen molar-refractivity contribution in [2.75, 3.05) is 25.0 Å². The van der Waals surface area contributed by atoms with Gasteiger partial charge in [0.2, 0.25) is 5.91 Å². The van der Waals surface area contributed by atoms with E-state index in [1.807, 2.05) is 24.3 Å². The standard InChI is InChI=1S/C16H25N3O/c1-2-13-6-4-8-19(11-13)12-16(20)18-15-7-3-5-14(9-15)10-17/h3,5,7,9,13H,2,4,6,8,10-12,17H2,1H3,(H,18,20). The molecule has 110 valence electrons. The summed E-state index contributed by atoms with van der Waals surface area (Å²) in [5.41, 5.74) is 7.48. The van der Waals surface area contributed by atoms with E-state index in [4.69, 9.17) is 5.73 Å². The summed E-state index contributed by atoms with van der Waals surface area (Å²) in [5, 5.41) is 2.96. The first-order valence-corrected chi connectivity index (χ1v) is 7.52. The number of hydrogen-bond acceptors (Lipinski definition) is 3. The second-order valence-corrected chi connectivity index (χ2v) is 5.60. The molecule has 4 nitrogen and oxygen atoms in total. The van der Waals surface area contributed by atoms with Crippen LogP contribution in [0.1, 0.15) is 31.7 Å². The fraction of sp³-hybridized carbons (Fsp3) is 0.562. The second kappa shape index (κ2) is 7.41. The van der Waals surface area contributed by atoms with Gasteiger partial charge < -0.3 is 11.1 Å². The number of nitrogens with two attached hydrogens (primary N) is 1. The van der Waals surface area contributed by atoms with Crippen molar-refractivity contribution in [3.05, 3.63) is 29.8 Å². The maximum atomic E-state index is 12.1. The topological polar surface area (TPSA) is 58.4 Å². The van der Waals surface area contributed by atoms with E-state index < -0.39 is 0 Å². The van der Waals surface area contributed by atoms with E-state index in [1.54, 1.807) is 0 Å². The van der Waals surface area contributed by atoms with Gasteiger partial charge in [-0.1, -0.05) is 25.5 Å². The molecule has 1 atom stereocenters. The molecular formula is C16H25N3O. The predicted molar refractivity (Wildman–Crippen MR) is 82.4 cm³/mol. The number of amides is 1. The van der Waals surface area contributed by atoms with Crippen molar-refractivity contribution >= 4 is 11.6 Å². The normalized spacial score (nSPS) is 19.8. The Kier molecular flexibility index (Phi) is 5.56. The van der Waals surface area contributed by atoms with Gasteiger partial charge in [-0.2, -0.15) is 0 Å². The minimum Gasteiger partial charge on any atom is -0.326 e. The molecule has 1 amide bonds. The Bertz CT molecular complexity index is 447. The van der Waals surface area contributed by atoms with E-state index in [-0.39, 0.29) is 5.91 Å². The second-order valence-electron chi connectivity index (χ2n) is 5.60. The zero-order valence-corrected chi connectivity index (χ0v) is 12.3. The Morgan fingerprint density at radius 3 is 3.10 bits per heavy atom. The fourth-order valence-electron chi connectivity index (χ4n) is 2.81. The van der Waals surface area contributed by atoms with Gasteiger partial charge in [0.05, 0.1) is 6.54 Å². The predicted octanol–water partition coefficient (Wildman–Crippen LogP) is 2.21. The molecule has 20 heavy (non-hydrogen) atoms. The van der Waals surface area contributed by atoms with Crippen molar-refractivity contribution < 1.29 is 4.79 Å². The lowest BCUT2D eigenvalue weighted by atomic mass is 9.96. The van der Waals surface area contributed by atoms with Gasteiger partial charge >= 0.3 is 0 Å². The summed E-state index contributed by atoms with van der Waals surface area (Å²) in [4.78, 5) is 14.4. The third kappa shape index (κ3) is 4.32. The van der Waals surface area contributed by atoms with Crippen LogP contribution >= 0.6 is 0 Å². The molecule has 0 bridgehead atoms. The minimum atomic E-state index is 0.0657. The summed E-state index contributed by atoms with van der Waals surface area (Å²) in [6, 6.07) is 7.73. The summed E-state index contributed by atoms with van der Waals surface area (Å²) >= 11 is 0. The Morgan fingerprint density at radius 2 is 2.35 bits per heavy atom. The third-order valence-electron chi connectivity index (χ3n) is 3.99. The number of likely N-dealkylation sites (tertiary alicyclic amines) is 1. The molecular weight excluding hydrogens is 250 g/mol. The lowest BCUT2D eigenvalue weighted by Gasteiger charge is -2.31. The van der Waals surface area contributed by atoms with Crippen LogP contribution in [0.3, 0.4) is 0 Å². The van der Waals surface area contributed by atoms with Gasteiger partial charge in [-0.25, -0.2) is 0 Å². The molecule has 4 heteroatoms. The highest BCUT2D eigenvalue weighted by Gasteiger charge is 2.20. The van der Waals surface area contributed by atoms with Gasteiger partial charge in [-0.3, -0.25) is 9.69 Å². The van der Waals surface area contributed by atoms with Gasteiger partial charge in [0.25, 0.3) is 0 Å². The number of rotatable bonds is 5. The summed E-state index contributed by atoms with van der Waals surface area (Å²) in [5.74, 6) is 0.813. The molecule has 1 fully saturated rings. The number of carbonyl (C=O) groups excluding carboxylic acids is 1. The fourth-order valence-corrected chi connectivity index (χ4v) is 2.81. The minimum absolute atomic E-state index is 0.0657. The van der Waals surface area contributed by atoms with E-state index in [0.29, 0.717) is 13.1 Å². The monoisotopic (exact) mass is 275 g/mol. The van der Waals surface area contributed by atoms with Crippen LogP contribution < -0.4 is 11.1 Å². The number of nitrogens with zero attached hydrogens (tertiary/aromatic N) is 1. The van der Waals surface area contributed by atoms with Crippen LogP contribution in [0.15, 0.2) is 24.3 Å². The first-order chi connectivity index (χ1) is 9.71. The molecule has 0 spiro atoms. The number of hydrogen-bond donors (Lipinski definition) is 2. The van der Waals surface area contributed by atoms with Crippen molar-refractivity contribution in [2.24, 2.45) is 11.7 Å². The van der Waals surface area contributed by atoms with Crippen LogP contribution in [0.4, 0.5) is 5.69 Å². The van der Waals surface area contributed by atoms with Crippen LogP contribution in [0, 0.1) is 5.92 Å². The van der Waals surface area contributed by atoms with Crippen molar-refractivity contribution in [1.29, 1.82) is 0 Å². The van der Waals surface area contributed by atoms with Crippen molar-refractivity contribution in [3.8, 4) is 0 Å². The average molecular weight is 275 g/mol. The zero-order chi connectivity index (χ0) is 14.4. The van der Waals surface area contributed by atoms with E-state index in [0.717, 1.165) is 30.3 Å². The van der Waals surface area contributed by atoms with Gasteiger partial charge in [-0.15, -0.1) is 0 Å². The maximum absolute atomic E-state index is 12.1. The van der Waals surface area contributed by atoms with Crippen LogP contribution in [0.25, 0.3) is 0 Å². The first kappa shape index (κ1) is 15.0. The maximum Gasteiger partial charge on any atom is 0.238 e. The number of piperidine rings is 1. The molecule has 0 aromatic heterocycles. The molecule has 1 unspecified atom stereocenters. The quantitative estimate of drug-likeness (QED) is 0.866. The number of anilines is 1. The zero-order valence-electron chi connectivity index (χ0n) is 12.3. The largest absolute Gasteiger partial charge is 0.326 e. The Morgan fingerprint density at radius 1 is 1.50 bits per heavy atom. The van der Waals surface area contributed by atoms with Crippen LogP contribution in [-0.2, 0) is 11.3 Å². The highest BCUT2D eigenvalue weighted by Crippen LogP contribution is 2.19. The third-order valence-corrected chi connectivity index (χ3v) is 3.99. The summed E-state index contributed by atoms with van der Waals surface area (Å²) in [6.07, 6.45) is 3.71. The van der Waals surface area contributed by atoms with E-state index in [9.17, 15) is 4.79 Å². The lowest BCUT2D eigenvalue weighted by Crippen LogP contribution is -2.40. The Hall–Kier alpha value is -1.39. The summed E-state index contributed by atoms with van der Waals surface area (Å²) in [6.45, 7) is 5.30. The highest BCUT2D eigenvalue weighted by atomic mass is 16.2. The van der Waals surface area contributed by atoms with E-state index in [1.165, 1.54) is 19.3 Å². The number of carbonyl (C=O) groups is 1. The van der Waals surface area contributed by atoms with E-state index in [2.05, 4.69) is 17.1 Å². The van der Waals surface area contributed by atoms with Crippen molar-refractivity contribution in [1.82, 2.24) is 4.90 Å². The molecule has 1 aliphatic heterocycles. The summed E-state index contributed by atoms with van der Waals surface area (Å²) in [7, 11) is 0. The van der Waals surface area contributed by atoms with Crippen molar-refractivity contribution in [2.45, 2.75) is 32.7 Å².